The quantitative estimate of drug-likeness (QED) is 0.238. The molecule has 0 spiro atoms. The molecule has 166 valence electrons. The van der Waals surface area contributed by atoms with Gasteiger partial charge in [0.1, 0.15) is 5.82 Å². The maximum Gasteiger partial charge on any atom is 0.111 e. The van der Waals surface area contributed by atoms with Crippen molar-refractivity contribution < 1.29 is 0 Å². The lowest BCUT2D eigenvalue weighted by atomic mass is 10.0. The lowest BCUT2D eigenvalue weighted by Crippen LogP contribution is -2.13. The molecule has 0 saturated heterocycles. The van der Waals surface area contributed by atoms with Crippen LogP contribution in [0.1, 0.15) is 22.5 Å². The van der Waals surface area contributed by atoms with Crippen LogP contribution < -0.4 is 11.1 Å². The molecular formula is C28H24N6. The molecule has 6 rings (SSSR count). The van der Waals surface area contributed by atoms with Gasteiger partial charge in [0.05, 0.1) is 17.2 Å². The fraction of sp³-hybridized carbons (Fsp3) is 0.107. The Morgan fingerprint density at radius 2 is 1.62 bits per heavy atom. The van der Waals surface area contributed by atoms with Crippen molar-refractivity contribution in [1.82, 2.24) is 25.3 Å². The number of nitrogens with zero attached hydrogens (tertiary/aromatic N) is 3. The highest BCUT2D eigenvalue weighted by Crippen LogP contribution is 2.29. The first-order chi connectivity index (χ1) is 16.7. The molecule has 8 bridgehead atoms. The molecule has 0 unspecified atom stereocenters. The van der Waals surface area contributed by atoms with Gasteiger partial charge in [0.25, 0.3) is 0 Å². The fourth-order valence-corrected chi connectivity index (χ4v) is 4.34. The molecule has 6 heteroatoms. The van der Waals surface area contributed by atoms with E-state index in [0.717, 1.165) is 69.0 Å². The Labute approximate surface area is 198 Å². The highest BCUT2D eigenvalue weighted by Gasteiger charge is 2.13. The van der Waals surface area contributed by atoms with Crippen molar-refractivity contribution in [2.75, 3.05) is 5.73 Å². The number of hydrogen-bond donors (Lipinski definition) is 3. The summed E-state index contributed by atoms with van der Waals surface area (Å²) in [5.74, 6) is 0.868. The molecule has 0 atom stereocenters. The van der Waals surface area contributed by atoms with E-state index in [-0.39, 0.29) is 0 Å². The van der Waals surface area contributed by atoms with Crippen LogP contribution >= 0.6 is 0 Å². The molecule has 34 heavy (non-hydrogen) atoms. The van der Waals surface area contributed by atoms with Gasteiger partial charge < -0.3 is 16.0 Å². The van der Waals surface area contributed by atoms with E-state index in [1.54, 1.807) is 0 Å². The average molecular weight is 445 g/mol. The normalized spacial score (nSPS) is 12.5. The van der Waals surface area contributed by atoms with Crippen LogP contribution in [0.15, 0.2) is 73.3 Å². The zero-order valence-electron chi connectivity index (χ0n) is 18.6. The van der Waals surface area contributed by atoms with E-state index in [2.05, 4.69) is 69.5 Å². The van der Waals surface area contributed by atoms with E-state index in [9.17, 15) is 0 Å². The van der Waals surface area contributed by atoms with Gasteiger partial charge in [0, 0.05) is 54.9 Å². The second kappa shape index (κ2) is 9.18. The summed E-state index contributed by atoms with van der Waals surface area (Å²) in [5, 5.41) is 3.54. The Hall–Kier alpha value is -4.47. The lowest BCUT2D eigenvalue weighted by Gasteiger charge is -2.10. The molecule has 4 N–H and O–H groups in total. The number of H-pyrrole nitrogens is 1. The maximum atomic E-state index is 6.34. The minimum Gasteiger partial charge on any atom is -0.398 e. The first kappa shape index (κ1) is 21.4. The Bertz CT molecular complexity index is 1500. The van der Waals surface area contributed by atoms with Crippen molar-refractivity contribution in [3.05, 3.63) is 95.8 Å². The van der Waals surface area contributed by atoms with Gasteiger partial charge >= 0.3 is 0 Å². The van der Waals surface area contributed by atoms with Crippen molar-refractivity contribution in [3.63, 3.8) is 0 Å². The van der Waals surface area contributed by atoms with Gasteiger partial charge in [0.15, 0.2) is 0 Å². The van der Waals surface area contributed by atoms with Crippen LogP contribution in [0.25, 0.3) is 33.3 Å². The minimum atomic E-state index is 0.614. The minimum absolute atomic E-state index is 0.614. The number of nitrogens with one attached hydrogen (secondary N) is 2. The van der Waals surface area contributed by atoms with Crippen molar-refractivity contribution in [2.45, 2.75) is 19.5 Å². The standard InChI is InChI=1S/C26H22N6.C2H2/c27-23-5-4-18-8-20(23)9-25-31-24-15-30-14-22(26(24)32-25)19-3-1-2-16(6-19)10-28-11-17-7-21(18)13-29-12-17;1-2/h1-8,12-15,28H,9-11,27H2,(H,31,32);1-2H. The first-order valence-electron chi connectivity index (χ1n) is 11.0. The highest BCUT2D eigenvalue weighted by molar-refractivity contribution is 5.91. The number of anilines is 1. The second-order valence-electron chi connectivity index (χ2n) is 8.24. The van der Waals surface area contributed by atoms with Gasteiger partial charge in [0.2, 0.25) is 0 Å². The van der Waals surface area contributed by atoms with Gasteiger partial charge in [-0.25, -0.2) is 4.98 Å². The smallest absolute Gasteiger partial charge is 0.111 e. The van der Waals surface area contributed by atoms with Crippen LogP contribution in [0.4, 0.5) is 5.69 Å². The third-order valence-corrected chi connectivity index (χ3v) is 5.97. The fourth-order valence-electron chi connectivity index (χ4n) is 4.34. The zero-order valence-corrected chi connectivity index (χ0v) is 18.6. The number of fused-ring (bicyclic) bond motifs is 9. The van der Waals surface area contributed by atoms with Gasteiger partial charge in [-0.15, -0.1) is 12.8 Å². The number of terminal acetylenes is 1. The number of pyridine rings is 2. The third-order valence-electron chi connectivity index (χ3n) is 5.97. The summed E-state index contributed by atoms with van der Waals surface area (Å²) >= 11 is 0. The number of hydrogen-bond acceptors (Lipinski definition) is 5. The first-order valence-corrected chi connectivity index (χ1v) is 11.0. The van der Waals surface area contributed by atoms with Gasteiger partial charge in [-0.05, 0) is 52.1 Å². The summed E-state index contributed by atoms with van der Waals surface area (Å²) in [7, 11) is 0. The van der Waals surface area contributed by atoms with Crippen molar-refractivity contribution >= 4 is 16.7 Å². The summed E-state index contributed by atoms with van der Waals surface area (Å²) in [6.45, 7) is 1.51. The molecule has 0 amide bonds. The number of aromatic nitrogens is 4. The Balaban J connectivity index is 0.00000117. The van der Waals surface area contributed by atoms with Crippen LogP contribution in [-0.4, -0.2) is 19.9 Å². The van der Waals surface area contributed by atoms with Crippen LogP contribution in [0, 0.1) is 12.8 Å². The molecule has 5 aromatic rings. The number of nitrogens with two attached hydrogens (primary N) is 1. The summed E-state index contributed by atoms with van der Waals surface area (Å²) in [4.78, 5) is 17.3. The van der Waals surface area contributed by atoms with Gasteiger partial charge in [-0.3, -0.25) is 9.97 Å². The van der Waals surface area contributed by atoms with E-state index in [4.69, 9.17) is 10.7 Å². The maximum absolute atomic E-state index is 6.34. The molecule has 3 aromatic heterocycles. The number of benzene rings is 2. The Kier molecular flexibility index (Phi) is 5.77. The Morgan fingerprint density at radius 3 is 2.53 bits per heavy atom. The summed E-state index contributed by atoms with van der Waals surface area (Å²) < 4.78 is 0. The predicted octanol–water partition coefficient (Wildman–Crippen LogP) is 4.71. The number of imidazole rings is 1. The molecule has 0 saturated carbocycles. The molecule has 4 heterocycles. The Morgan fingerprint density at radius 1 is 0.794 bits per heavy atom. The van der Waals surface area contributed by atoms with Crippen molar-refractivity contribution in [2.24, 2.45) is 0 Å². The monoisotopic (exact) mass is 444 g/mol. The molecule has 6 nitrogen and oxygen atoms in total. The SMILES string of the molecule is C#C.Nc1ccc2cc1Cc1nc3c(cncc3[nH]1)-c1cccc(c1)CNCc1cncc-2c1. The highest BCUT2D eigenvalue weighted by atomic mass is 14.9. The van der Waals surface area contributed by atoms with Crippen molar-refractivity contribution in [3.8, 4) is 35.1 Å². The molecule has 1 aliphatic rings. The molecule has 1 aliphatic heterocycles. The van der Waals surface area contributed by atoms with E-state index < -0.39 is 0 Å². The van der Waals surface area contributed by atoms with E-state index in [1.165, 1.54) is 5.56 Å². The molecule has 0 radical (unpaired) electrons. The number of nitrogen functional groups attached to an aromatic ring is 1. The zero-order chi connectivity index (χ0) is 23.5. The predicted molar refractivity (Wildman–Crippen MR) is 137 cm³/mol. The van der Waals surface area contributed by atoms with Crippen LogP contribution in [0.5, 0.6) is 0 Å². The third kappa shape index (κ3) is 4.13. The van der Waals surface area contributed by atoms with E-state index in [0.29, 0.717) is 6.42 Å². The molecular weight excluding hydrogens is 420 g/mol. The second-order valence-corrected chi connectivity index (χ2v) is 8.24. The van der Waals surface area contributed by atoms with Crippen LogP contribution in [0.2, 0.25) is 0 Å². The average Bonchev–Trinajstić information content (AvgIpc) is 3.29. The summed E-state index contributed by atoms with van der Waals surface area (Å²) in [5.41, 5.74) is 16.6. The van der Waals surface area contributed by atoms with Crippen LogP contribution in [0.3, 0.4) is 0 Å². The topological polar surface area (TPSA) is 92.5 Å². The van der Waals surface area contributed by atoms with Crippen molar-refractivity contribution in [1.29, 1.82) is 0 Å². The number of aromatic amines is 1. The molecule has 0 fully saturated rings. The largest absolute Gasteiger partial charge is 0.398 e. The molecule has 2 aromatic carbocycles. The summed E-state index contributed by atoms with van der Waals surface area (Å²) in [6, 6.07) is 16.9. The summed E-state index contributed by atoms with van der Waals surface area (Å²) in [6.07, 6.45) is 16.1. The lowest BCUT2D eigenvalue weighted by molar-refractivity contribution is 0.692. The van der Waals surface area contributed by atoms with Gasteiger partial charge in [-0.1, -0.05) is 24.3 Å². The number of rotatable bonds is 0. The van der Waals surface area contributed by atoms with E-state index >= 15 is 0 Å². The molecule has 0 aliphatic carbocycles. The van der Waals surface area contributed by atoms with Crippen LogP contribution in [-0.2, 0) is 19.5 Å². The van der Waals surface area contributed by atoms with Gasteiger partial charge in [-0.2, -0.15) is 0 Å². The van der Waals surface area contributed by atoms with E-state index in [1.807, 2.05) is 36.9 Å².